The van der Waals surface area contributed by atoms with Crippen molar-refractivity contribution in [1.82, 2.24) is 5.48 Å². The number of carbonyl (C=O) groups excluding carboxylic acids is 1. The highest BCUT2D eigenvalue weighted by atomic mass is 16.5. The number of benzene rings is 1. The number of carbonyl (C=O) groups is 1. The van der Waals surface area contributed by atoms with Crippen LogP contribution in [0.4, 0.5) is 0 Å². The lowest BCUT2D eigenvalue weighted by Gasteiger charge is -2.13. The third-order valence-corrected chi connectivity index (χ3v) is 2.12. The number of hydroxylamine groups is 1. The maximum absolute atomic E-state index is 11.3. The van der Waals surface area contributed by atoms with Gasteiger partial charge in [0.25, 0.3) is 5.91 Å². The summed E-state index contributed by atoms with van der Waals surface area (Å²) in [5.41, 5.74) is 2.59. The molecular formula is C11H14NO2. The quantitative estimate of drug-likeness (QED) is 0.565. The molecule has 0 bridgehead atoms. The minimum Gasteiger partial charge on any atom is -0.289 e. The minimum absolute atomic E-state index is 0.307. The molecule has 1 rings (SSSR count). The van der Waals surface area contributed by atoms with Crippen LogP contribution in [-0.4, -0.2) is 11.1 Å². The Morgan fingerprint density at radius 2 is 2.07 bits per heavy atom. The lowest BCUT2D eigenvalue weighted by molar-refractivity contribution is -0.130. The molecule has 1 atom stereocenters. The molecule has 0 aliphatic rings. The van der Waals surface area contributed by atoms with E-state index in [1.807, 2.05) is 30.3 Å². The average Bonchev–Trinajstić information content (AvgIpc) is 2.26. The van der Waals surface area contributed by atoms with Crippen LogP contribution in [0.5, 0.6) is 0 Å². The van der Waals surface area contributed by atoms with Crippen molar-refractivity contribution in [2.24, 2.45) is 0 Å². The van der Waals surface area contributed by atoms with Gasteiger partial charge in [-0.25, -0.2) is 5.48 Å². The zero-order valence-electron chi connectivity index (χ0n) is 7.94. The summed E-state index contributed by atoms with van der Waals surface area (Å²) < 4.78 is 0. The Bertz CT molecular complexity index is 285. The number of amides is 1. The summed E-state index contributed by atoms with van der Waals surface area (Å²) in [5, 5.41) is 8.57. The van der Waals surface area contributed by atoms with Gasteiger partial charge in [0.1, 0.15) is 0 Å². The molecule has 75 valence electrons. The van der Waals surface area contributed by atoms with Gasteiger partial charge >= 0.3 is 0 Å². The highest BCUT2D eigenvalue weighted by molar-refractivity contribution is 5.82. The summed E-state index contributed by atoms with van der Waals surface area (Å²) in [6, 6.07) is 9.37. The van der Waals surface area contributed by atoms with Gasteiger partial charge in [-0.3, -0.25) is 10.0 Å². The van der Waals surface area contributed by atoms with Gasteiger partial charge < -0.3 is 0 Å². The summed E-state index contributed by atoms with van der Waals surface area (Å²) >= 11 is 0. The third-order valence-electron chi connectivity index (χ3n) is 2.12. The van der Waals surface area contributed by atoms with E-state index in [2.05, 4.69) is 6.92 Å². The summed E-state index contributed by atoms with van der Waals surface area (Å²) in [4.78, 5) is 11.3. The highest BCUT2D eigenvalue weighted by Gasteiger charge is 2.18. The summed E-state index contributed by atoms with van der Waals surface area (Å²) in [6.07, 6.45) is 1.30. The molecule has 1 aromatic carbocycles. The Labute approximate surface area is 83.7 Å². The van der Waals surface area contributed by atoms with E-state index in [1.165, 1.54) is 0 Å². The fourth-order valence-corrected chi connectivity index (χ4v) is 1.42. The van der Waals surface area contributed by atoms with Crippen LogP contribution >= 0.6 is 0 Å². The standard InChI is InChI=1S/C11H14NO2/c1-2-6-10(11(13)12-14)9-7-4-3-5-8-9/h3-5,7-8,10,14H,1-2,6H2,(H,12,13)/t10-/m0/s1. The first-order chi connectivity index (χ1) is 6.79. The molecule has 0 saturated heterocycles. The monoisotopic (exact) mass is 192 g/mol. The van der Waals surface area contributed by atoms with E-state index in [0.29, 0.717) is 12.8 Å². The van der Waals surface area contributed by atoms with Crippen LogP contribution in [0.2, 0.25) is 0 Å². The van der Waals surface area contributed by atoms with E-state index in [1.54, 1.807) is 5.48 Å². The average molecular weight is 192 g/mol. The van der Waals surface area contributed by atoms with Gasteiger partial charge in [-0.2, -0.15) is 0 Å². The second-order valence-electron chi connectivity index (χ2n) is 3.08. The van der Waals surface area contributed by atoms with E-state index < -0.39 is 0 Å². The molecule has 1 aromatic rings. The van der Waals surface area contributed by atoms with Crippen molar-refractivity contribution in [2.45, 2.75) is 18.8 Å². The first-order valence-corrected chi connectivity index (χ1v) is 4.57. The Balaban J connectivity index is 2.83. The molecule has 2 N–H and O–H groups in total. The van der Waals surface area contributed by atoms with Crippen LogP contribution in [0.25, 0.3) is 0 Å². The van der Waals surface area contributed by atoms with Crippen LogP contribution < -0.4 is 5.48 Å². The van der Waals surface area contributed by atoms with Crippen LogP contribution in [0.3, 0.4) is 0 Å². The number of hydrogen-bond acceptors (Lipinski definition) is 2. The van der Waals surface area contributed by atoms with Crippen LogP contribution in [-0.2, 0) is 4.79 Å². The minimum atomic E-state index is -0.375. The second-order valence-corrected chi connectivity index (χ2v) is 3.08. The molecule has 14 heavy (non-hydrogen) atoms. The Morgan fingerprint density at radius 1 is 1.43 bits per heavy atom. The smallest absolute Gasteiger partial charge is 0.250 e. The molecule has 0 aliphatic carbocycles. The second kappa shape index (κ2) is 5.40. The molecule has 0 unspecified atom stereocenters. The maximum Gasteiger partial charge on any atom is 0.250 e. The highest BCUT2D eigenvalue weighted by Crippen LogP contribution is 2.20. The fraction of sp³-hybridized carbons (Fsp3) is 0.273. The zero-order valence-corrected chi connectivity index (χ0v) is 7.94. The van der Waals surface area contributed by atoms with E-state index in [-0.39, 0.29) is 11.8 Å². The SMILES string of the molecule is [CH2]CC[C@H](C(=O)NO)c1ccccc1. The van der Waals surface area contributed by atoms with Crippen LogP contribution in [0.15, 0.2) is 30.3 Å². The van der Waals surface area contributed by atoms with Gasteiger partial charge in [0.2, 0.25) is 0 Å². The molecule has 3 heteroatoms. The normalized spacial score (nSPS) is 12.1. The van der Waals surface area contributed by atoms with Gasteiger partial charge in [-0.15, -0.1) is 0 Å². The summed E-state index contributed by atoms with van der Waals surface area (Å²) in [5.74, 6) is -0.682. The Hall–Kier alpha value is -1.35. The molecule has 0 heterocycles. The molecule has 0 spiro atoms. The number of nitrogens with one attached hydrogen (secondary N) is 1. The van der Waals surface area contributed by atoms with Crippen molar-refractivity contribution in [3.8, 4) is 0 Å². The van der Waals surface area contributed by atoms with Gasteiger partial charge in [0.15, 0.2) is 0 Å². The molecule has 0 aromatic heterocycles. The first-order valence-electron chi connectivity index (χ1n) is 4.57. The van der Waals surface area contributed by atoms with Gasteiger partial charge in [-0.05, 0) is 12.0 Å². The molecular weight excluding hydrogens is 178 g/mol. The summed E-state index contributed by atoms with van der Waals surface area (Å²) in [7, 11) is 0. The summed E-state index contributed by atoms with van der Waals surface area (Å²) in [6.45, 7) is 3.71. The molecule has 0 aliphatic heterocycles. The largest absolute Gasteiger partial charge is 0.289 e. The third kappa shape index (κ3) is 2.57. The van der Waals surface area contributed by atoms with Gasteiger partial charge in [0.05, 0.1) is 5.92 Å². The molecule has 0 fully saturated rings. The van der Waals surface area contributed by atoms with E-state index in [9.17, 15) is 4.79 Å². The fourth-order valence-electron chi connectivity index (χ4n) is 1.42. The van der Waals surface area contributed by atoms with Gasteiger partial charge in [0, 0.05) is 0 Å². The molecule has 3 nitrogen and oxygen atoms in total. The Kier molecular flexibility index (Phi) is 4.13. The van der Waals surface area contributed by atoms with E-state index in [0.717, 1.165) is 5.56 Å². The first kappa shape index (κ1) is 10.7. The van der Waals surface area contributed by atoms with Crippen molar-refractivity contribution < 1.29 is 10.0 Å². The number of rotatable bonds is 4. The topological polar surface area (TPSA) is 49.3 Å². The van der Waals surface area contributed by atoms with Crippen molar-refractivity contribution in [1.29, 1.82) is 0 Å². The van der Waals surface area contributed by atoms with Gasteiger partial charge in [-0.1, -0.05) is 43.7 Å². The van der Waals surface area contributed by atoms with Crippen molar-refractivity contribution in [2.75, 3.05) is 0 Å². The van der Waals surface area contributed by atoms with E-state index >= 15 is 0 Å². The molecule has 0 saturated carbocycles. The molecule has 1 radical (unpaired) electrons. The van der Waals surface area contributed by atoms with Crippen molar-refractivity contribution in [3.05, 3.63) is 42.8 Å². The predicted molar refractivity (Wildman–Crippen MR) is 53.7 cm³/mol. The molecule has 1 amide bonds. The van der Waals surface area contributed by atoms with E-state index in [4.69, 9.17) is 5.21 Å². The predicted octanol–water partition coefficient (Wildman–Crippen LogP) is 1.89. The maximum atomic E-state index is 11.3. The Morgan fingerprint density at radius 3 is 2.57 bits per heavy atom. The lowest BCUT2D eigenvalue weighted by atomic mass is 9.94. The zero-order chi connectivity index (χ0) is 10.4. The van der Waals surface area contributed by atoms with Crippen molar-refractivity contribution in [3.63, 3.8) is 0 Å². The van der Waals surface area contributed by atoms with Crippen LogP contribution in [0.1, 0.15) is 24.3 Å². The van der Waals surface area contributed by atoms with Crippen LogP contribution in [0, 0.1) is 6.92 Å². The number of hydrogen-bond donors (Lipinski definition) is 2. The lowest BCUT2D eigenvalue weighted by Crippen LogP contribution is -2.26. The van der Waals surface area contributed by atoms with Crippen molar-refractivity contribution >= 4 is 5.91 Å².